The molecule has 0 atom stereocenters. The van der Waals surface area contributed by atoms with Gasteiger partial charge in [-0.2, -0.15) is 0 Å². The minimum absolute atomic E-state index is 0.373. The van der Waals surface area contributed by atoms with Crippen molar-refractivity contribution >= 4 is 16.5 Å². The lowest BCUT2D eigenvalue weighted by molar-refractivity contribution is 0.389. The summed E-state index contributed by atoms with van der Waals surface area (Å²) < 4.78 is 0. The molecular formula is C12H23N3S. The molecule has 1 rings (SSSR count). The lowest BCUT2D eigenvalue weighted by atomic mass is 9.92. The lowest BCUT2D eigenvalue weighted by Gasteiger charge is -2.17. The molecule has 0 aliphatic rings. The topological polar surface area (TPSA) is 37.8 Å². The van der Waals surface area contributed by atoms with Crippen molar-refractivity contribution in [3.05, 3.63) is 5.01 Å². The Bertz CT molecular complexity index is 312. The van der Waals surface area contributed by atoms with Gasteiger partial charge in [0.05, 0.1) is 0 Å². The second kappa shape index (κ2) is 5.62. The third-order valence-electron chi connectivity index (χ3n) is 2.20. The maximum absolute atomic E-state index is 4.18. The quantitative estimate of drug-likeness (QED) is 0.856. The van der Waals surface area contributed by atoms with E-state index in [1.807, 2.05) is 0 Å². The maximum atomic E-state index is 4.18. The predicted octanol–water partition coefficient (Wildman–Crippen LogP) is 3.58. The van der Waals surface area contributed by atoms with E-state index in [0.717, 1.165) is 29.5 Å². The summed E-state index contributed by atoms with van der Waals surface area (Å²) in [4.78, 5) is 0. The Labute approximate surface area is 103 Å². The second-order valence-electron chi connectivity index (χ2n) is 5.84. The van der Waals surface area contributed by atoms with Gasteiger partial charge in [-0.15, -0.1) is 10.2 Å². The Morgan fingerprint density at radius 3 is 2.50 bits per heavy atom. The van der Waals surface area contributed by atoms with Crippen LogP contribution in [0.25, 0.3) is 0 Å². The highest BCUT2D eigenvalue weighted by Crippen LogP contribution is 2.21. The van der Waals surface area contributed by atoms with E-state index in [2.05, 4.69) is 50.1 Å². The molecule has 4 heteroatoms. The van der Waals surface area contributed by atoms with Crippen molar-refractivity contribution in [3.8, 4) is 0 Å². The highest BCUT2D eigenvalue weighted by molar-refractivity contribution is 7.15. The minimum atomic E-state index is 0.373. The number of anilines is 1. The summed E-state index contributed by atoms with van der Waals surface area (Å²) in [5, 5.41) is 13.8. The number of aromatic nitrogens is 2. The molecule has 0 aliphatic heterocycles. The average Bonchev–Trinajstić information content (AvgIpc) is 2.49. The lowest BCUT2D eigenvalue weighted by Crippen LogP contribution is -2.12. The molecule has 92 valence electrons. The number of hydrogen-bond acceptors (Lipinski definition) is 4. The van der Waals surface area contributed by atoms with Crippen LogP contribution >= 0.6 is 11.3 Å². The molecular weight excluding hydrogens is 218 g/mol. The Balaban J connectivity index is 2.35. The molecule has 16 heavy (non-hydrogen) atoms. The molecule has 1 aromatic rings. The zero-order valence-corrected chi connectivity index (χ0v) is 11.8. The highest BCUT2D eigenvalue weighted by atomic mass is 32.1. The molecule has 0 radical (unpaired) electrons. The normalized spacial score (nSPS) is 12.1. The van der Waals surface area contributed by atoms with Crippen LogP contribution in [0.4, 0.5) is 5.13 Å². The Kier molecular flexibility index (Phi) is 4.71. The van der Waals surface area contributed by atoms with Gasteiger partial charge in [-0.3, -0.25) is 0 Å². The van der Waals surface area contributed by atoms with Gasteiger partial charge in [0.1, 0.15) is 5.01 Å². The fourth-order valence-electron chi connectivity index (χ4n) is 1.30. The molecule has 0 spiro atoms. The van der Waals surface area contributed by atoms with Crippen molar-refractivity contribution in [1.82, 2.24) is 10.2 Å². The molecule has 0 unspecified atom stereocenters. The second-order valence-corrected chi connectivity index (χ2v) is 6.90. The van der Waals surface area contributed by atoms with E-state index >= 15 is 0 Å². The SMILES string of the molecule is CC(C)Cc1nnc(NCCC(C)(C)C)s1. The zero-order chi connectivity index (χ0) is 12.2. The third-order valence-corrected chi connectivity index (χ3v) is 3.10. The molecule has 0 amide bonds. The molecule has 0 fully saturated rings. The Hall–Kier alpha value is -0.640. The van der Waals surface area contributed by atoms with Crippen LogP contribution in [0.3, 0.4) is 0 Å². The van der Waals surface area contributed by atoms with Crippen LogP contribution in [-0.2, 0) is 6.42 Å². The van der Waals surface area contributed by atoms with Crippen molar-refractivity contribution in [2.24, 2.45) is 11.3 Å². The first-order valence-electron chi connectivity index (χ1n) is 5.93. The Morgan fingerprint density at radius 2 is 1.94 bits per heavy atom. The summed E-state index contributed by atoms with van der Waals surface area (Å²) in [5.41, 5.74) is 0.373. The van der Waals surface area contributed by atoms with Crippen LogP contribution in [0.1, 0.15) is 46.0 Å². The predicted molar refractivity (Wildman–Crippen MR) is 71.0 cm³/mol. The van der Waals surface area contributed by atoms with Gasteiger partial charge in [-0.1, -0.05) is 46.0 Å². The number of rotatable bonds is 5. The fraction of sp³-hybridized carbons (Fsp3) is 0.833. The van der Waals surface area contributed by atoms with E-state index in [1.54, 1.807) is 11.3 Å². The van der Waals surface area contributed by atoms with Crippen LogP contribution in [0.15, 0.2) is 0 Å². The number of hydrogen-bond donors (Lipinski definition) is 1. The molecule has 0 aromatic carbocycles. The van der Waals surface area contributed by atoms with Gasteiger partial charge in [-0.25, -0.2) is 0 Å². The minimum Gasteiger partial charge on any atom is -0.360 e. The van der Waals surface area contributed by atoms with Crippen LogP contribution in [0.5, 0.6) is 0 Å². The standard InChI is InChI=1S/C12H23N3S/c1-9(2)8-10-14-15-11(16-10)13-7-6-12(3,4)5/h9H,6-8H2,1-5H3,(H,13,15). The summed E-state index contributed by atoms with van der Waals surface area (Å²) in [5.74, 6) is 0.648. The summed E-state index contributed by atoms with van der Waals surface area (Å²) in [6.07, 6.45) is 2.17. The molecule has 1 N–H and O–H groups in total. The maximum Gasteiger partial charge on any atom is 0.205 e. The van der Waals surface area contributed by atoms with Crippen LogP contribution in [0.2, 0.25) is 0 Å². The van der Waals surface area contributed by atoms with E-state index in [9.17, 15) is 0 Å². The first-order valence-corrected chi connectivity index (χ1v) is 6.75. The molecule has 3 nitrogen and oxygen atoms in total. The van der Waals surface area contributed by atoms with Gasteiger partial charge in [0, 0.05) is 13.0 Å². The number of nitrogens with one attached hydrogen (secondary N) is 1. The van der Waals surface area contributed by atoms with Gasteiger partial charge in [0.25, 0.3) is 0 Å². The first-order chi connectivity index (χ1) is 7.37. The van der Waals surface area contributed by atoms with E-state index in [1.165, 1.54) is 0 Å². The first kappa shape index (κ1) is 13.4. The van der Waals surface area contributed by atoms with Crippen molar-refractivity contribution in [2.45, 2.75) is 47.5 Å². The molecule has 1 aromatic heterocycles. The number of nitrogens with zero attached hydrogens (tertiary/aromatic N) is 2. The summed E-state index contributed by atoms with van der Waals surface area (Å²) >= 11 is 1.68. The van der Waals surface area contributed by atoms with Crippen LogP contribution in [0, 0.1) is 11.3 Å². The zero-order valence-electron chi connectivity index (χ0n) is 11.0. The Morgan fingerprint density at radius 1 is 1.25 bits per heavy atom. The monoisotopic (exact) mass is 241 g/mol. The van der Waals surface area contributed by atoms with Gasteiger partial charge in [0.2, 0.25) is 5.13 Å². The molecule has 1 heterocycles. The van der Waals surface area contributed by atoms with Crippen molar-refractivity contribution in [2.75, 3.05) is 11.9 Å². The van der Waals surface area contributed by atoms with Gasteiger partial charge in [0.15, 0.2) is 0 Å². The average molecular weight is 241 g/mol. The highest BCUT2D eigenvalue weighted by Gasteiger charge is 2.10. The summed E-state index contributed by atoms with van der Waals surface area (Å²) in [6.45, 7) is 12.1. The largest absolute Gasteiger partial charge is 0.360 e. The van der Waals surface area contributed by atoms with Gasteiger partial charge in [-0.05, 0) is 17.8 Å². The summed E-state index contributed by atoms with van der Waals surface area (Å²) in [7, 11) is 0. The van der Waals surface area contributed by atoms with Gasteiger partial charge >= 0.3 is 0 Å². The van der Waals surface area contributed by atoms with Crippen LogP contribution in [-0.4, -0.2) is 16.7 Å². The smallest absolute Gasteiger partial charge is 0.205 e. The van der Waals surface area contributed by atoms with Crippen molar-refractivity contribution in [1.29, 1.82) is 0 Å². The van der Waals surface area contributed by atoms with E-state index in [0.29, 0.717) is 11.3 Å². The fourth-order valence-corrected chi connectivity index (χ4v) is 2.28. The molecule has 0 bridgehead atoms. The molecule has 0 saturated heterocycles. The van der Waals surface area contributed by atoms with E-state index in [4.69, 9.17) is 0 Å². The van der Waals surface area contributed by atoms with Gasteiger partial charge < -0.3 is 5.32 Å². The van der Waals surface area contributed by atoms with E-state index < -0.39 is 0 Å². The molecule has 0 aliphatic carbocycles. The molecule has 0 saturated carbocycles. The third kappa shape index (κ3) is 5.45. The van der Waals surface area contributed by atoms with Crippen molar-refractivity contribution < 1.29 is 0 Å². The summed E-state index contributed by atoms with van der Waals surface area (Å²) in [6, 6.07) is 0. The van der Waals surface area contributed by atoms with Crippen molar-refractivity contribution in [3.63, 3.8) is 0 Å². The van der Waals surface area contributed by atoms with E-state index in [-0.39, 0.29) is 0 Å². The van der Waals surface area contributed by atoms with Crippen LogP contribution < -0.4 is 5.32 Å².